The zero-order valence-corrected chi connectivity index (χ0v) is 40.8. The number of esters is 1. The molecule has 0 rings (SSSR count). The molecular weight excluding hydrogens is 818 g/mol. The summed E-state index contributed by atoms with van der Waals surface area (Å²) in [6.07, 6.45) is 53.0. The van der Waals surface area contributed by atoms with E-state index in [1.165, 1.54) is 128 Å². The number of unbranched alkanes of at least 4 members (excludes halogenated alkanes) is 25. The van der Waals surface area contributed by atoms with Crippen molar-refractivity contribution in [3.63, 3.8) is 0 Å². The van der Waals surface area contributed by atoms with Gasteiger partial charge in [-0.15, -0.1) is 0 Å². The maximum atomic E-state index is 12.3. The van der Waals surface area contributed by atoms with Gasteiger partial charge in [-0.05, 0) is 51.4 Å². The summed E-state index contributed by atoms with van der Waals surface area (Å²) in [5, 5.41) is 21.9. The van der Waals surface area contributed by atoms with Crippen LogP contribution in [0.1, 0.15) is 226 Å². The van der Waals surface area contributed by atoms with E-state index in [9.17, 15) is 34.1 Å². The van der Waals surface area contributed by atoms with E-state index in [2.05, 4.69) is 61.7 Å². The average Bonchev–Trinajstić information content (AvgIpc) is 3.26. The first-order valence-corrected chi connectivity index (χ1v) is 26.7. The zero-order chi connectivity index (χ0) is 46.3. The van der Waals surface area contributed by atoms with Crippen molar-refractivity contribution in [2.75, 3.05) is 19.8 Å². The number of carboxylic acid groups (broad SMARTS) is 1. The molecule has 0 aliphatic rings. The van der Waals surface area contributed by atoms with Crippen LogP contribution in [0.2, 0.25) is 0 Å². The average molecular weight is 910 g/mol. The summed E-state index contributed by atoms with van der Waals surface area (Å²) in [5.74, 6) is -2.43. The van der Waals surface area contributed by atoms with E-state index in [0.717, 1.165) is 57.8 Å². The fourth-order valence-electron chi connectivity index (χ4n) is 7.01. The number of rotatable bonds is 47. The minimum atomic E-state index is -4.77. The molecule has 0 bridgehead atoms. The molecule has 1 amide bonds. The van der Waals surface area contributed by atoms with E-state index in [1.54, 1.807) is 0 Å². The molecule has 0 fully saturated rings. The van der Waals surface area contributed by atoms with Gasteiger partial charge in [0.05, 0.1) is 13.2 Å². The Kier molecular flexibility index (Phi) is 44.1. The Labute approximate surface area is 384 Å². The summed E-state index contributed by atoms with van der Waals surface area (Å²) in [6.45, 7) is 2.48. The zero-order valence-electron chi connectivity index (χ0n) is 39.9. The fourth-order valence-corrected chi connectivity index (χ4v) is 7.79. The number of phosphoric acid groups is 1. The highest BCUT2D eigenvalue weighted by atomic mass is 31.2. The molecule has 0 aromatic carbocycles. The van der Waals surface area contributed by atoms with Crippen LogP contribution in [-0.4, -0.2) is 64.9 Å². The number of aliphatic hydroxyl groups is 1. The highest BCUT2D eigenvalue weighted by molar-refractivity contribution is 7.47. The van der Waals surface area contributed by atoms with E-state index < -0.39 is 57.6 Å². The smallest absolute Gasteiger partial charge is 0.472 e. The third-order valence-electron chi connectivity index (χ3n) is 10.9. The van der Waals surface area contributed by atoms with Crippen molar-refractivity contribution in [2.24, 2.45) is 0 Å². The summed E-state index contributed by atoms with van der Waals surface area (Å²) >= 11 is 0. The van der Waals surface area contributed by atoms with Gasteiger partial charge in [0.1, 0.15) is 12.7 Å². The Morgan fingerprint density at radius 2 is 0.921 bits per heavy atom. The fraction of sp³-hybridized carbons (Fsp3) is 0.784. The Balaban J connectivity index is 3.80. The molecule has 11 nitrogen and oxygen atoms in total. The minimum Gasteiger partial charge on any atom is -0.480 e. The van der Waals surface area contributed by atoms with Gasteiger partial charge in [0.2, 0.25) is 5.91 Å². The van der Waals surface area contributed by atoms with Crippen molar-refractivity contribution in [2.45, 2.75) is 238 Å². The molecule has 3 atom stereocenters. The first-order valence-electron chi connectivity index (χ1n) is 25.2. The van der Waals surface area contributed by atoms with Crippen LogP contribution in [0, 0.1) is 0 Å². The maximum absolute atomic E-state index is 12.3. The predicted molar refractivity (Wildman–Crippen MR) is 259 cm³/mol. The maximum Gasteiger partial charge on any atom is 0.472 e. The van der Waals surface area contributed by atoms with Gasteiger partial charge < -0.3 is 25.2 Å². The molecule has 3 unspecified atom stereocenters. The van der Waals surface area contributed by atoms with Crippen molar-refractivity contribution in [1.29, 1.82) is 0 Å². The lowest BCUT2D eigenvalue weighted by atomic mass is 10.0. The molecule has 63 heavy (non-hydrogen) atoms. The highest BCUT2D eigenvalue weighted by Gasteiger charge is 2.28. The lowest BCUT2D eigenvalue weighted by Crippen LogP contribution is -2.43. The van der Waals surface area contributed by atoms with E-state index >= 15 is 0 Å². The van der Waals surface area contributed by atoms with Gasteiger partial charge in [-0.3, -0.25) is 18.6 Å². The molecule has 0 aromatic heterocycles. The second kappa shape index (κ2) is 46.0. The molecule has 12 heteroatoms. The van der Waals surface area contributed by atoms with E-state index in [0.29, 0.717) is 12.8 Å². The molecule has 0 spiro atoms. The summed E-state index contributed by atoms with van der Waals surface area (Å²) in [5.41, 5.74) is 0. The van der Waals surface area contributed by atoms with Gasteiger partial charge in [0, 0.05) is 12.8 Å². The van der Waals surface area contributed by atoms with E-state index in [-0.39, 0.29) is 12.8 Å². The van der Waals surface area contributed by atoms with Crippen LogP contribution >= 0.6 is 7.82 Å². The number of hydrogen-bond acceptors (Lipinski definition) is 8. The van der Waals surface area contributed by atoms with Crippen molar-refractivity contribution >= 4 is 25.7 Å². The number of allylic oxidation sites excluding steroid dienone is 8. The van der Waals surface area contributed by atoms with E-state index in [1.807, 2.05) is 6.08 Å². The van der Waals surface area contributed by atoms with Crippen molar-refractivity contribution in [3.8, 4) is 0 Å². The third kappa shape index (κ3) is 45.8. The Hall–Kier alpha value is -2.56. The van der Waals surface area contributed by atoms with Crippen LogP contribution in [0.25, 0.3) is 0 Å². The summed E-state index contributed by atoms with van der Waals surface area (Å²) in [6, 6.07) is -1.57. The number of amides is 1. The van der Waals surface area contributed by atoms with Crippen molar-refractivity contribution in [3.05, 3.63) is 48.6 Å². The minimum absolute atomic E-state index is 0.0924. The molecule has 0 saturated carbocycles. The Bertz CT molecular complexity index is 1250. The number of carboxylic acids is 1. The summed E-state index contributed by atoms with van der Waals surface area (Å²) in [7, 11) is -4.77. The number of ether oxygens (including phenoxy) is 1. The number of carbonyl (C=O) groups is 3. The van der Waals surface area contributed by atoms with Gasteiger partial charge in [-0.2, -0.15) is 0 Å². The normalized spacial score (nSPS) is 14.0. The molecule has 4 N–H and O–H groups in total. The number of aliphatic carboxylic acids is 1. The quantitative estimate of drug-likeness (QED) is 0.0200. The lowest BCUT2D eigenvalue weighted by molar-refractivity contribution is -0.147. The highest BCUT2D eigenvalue weighted by Crippen LogP contribution is 2.43. The molecule has 366 valence electrons. The molecular formula is C51H92NO10P. The molecule has 0 aliphatic heterocycles. The largest absolute Gasteiger partial charge is 0.480 e. The topological polar surface area (TPSA) is 169 Å². The van der Waals surface area contributed by atoms with Gasteiger partial charge in [-0.1, -0.05) is 210 Å². The van der Waals surface area contributed by atoms with Crippen LogP contribution in [0.5, 0.6) is 0 Å². The summed E-state index contributed by atoms with van der Waals surface area (Å²) < 4.78 is 26.9. The molecule has 0 aromatic rings. The third-order valence-corrected chi connectivity index (χ3v) is 11.8. The van der Waals surface area contributed by atoms with Crippen LogP contribution < -0.4 is 5.32 Å². The van der Waals surface area contributed by atoms with Gasteiger partial charge in [0.15, 0.2) is 6.04 Å². The van der Waals surface area contributed by atoms with Crippen LogP contribution in [-0.2, 0) is 32.7 Å². The molecule has 0 aliphatic carbocycles. The number of hydrogen-bond donors (Lipinski definition) is 4. The van der Waals surface area contributed by atoms with Gasteiger partial charge in [0.25, 0.3) is 0 Å². The first kappa shape index (κ1) is 60.4. The monoisotopic (exact) mass is 910 g/mol. The Morgan fingerprint density at radius 3 is 1.37 bits per heavy atom. The predicted octanol–water partition coefficient (Wildman–Crippen LogP) is 13.7. The van der Waals surface area contributed by atoms with Crippen LogP contribution in [0.4, 0.5) is 0 Å². The molecule has 0 saturated heterocycles. The number of phosphoric ester groups is 1. The molecule has 0 radical (unpaired) electrons. The number of nitrogens with one attached hydrogen (secondary N) is 1. The van der Waals surface area contributed by atoms with Gasteiger partial charge >= 0.3 is 19.8 Å². The van der Waals surface area contributed by atoms with Crippen molar-refractivity contribution < 1.29 is 47.8 Å². The SMILES string of the molecule is CC/C=C\C/C=C\C/C=C\C/C=C\CCCCC(=O)NC(COP(=O)(O)OCC(O)COC(=O)CCCCCCCCCCCCCCCCCCCCCCCCCC)C(=O)O. The first-order chi connectivity index (χ1) is 30.6. The number of aliphatic hydroxyl groups excluding tert-OH is 1. The summed E-state index contributed by atoms with van der Waals surface area (Å²) in [4.78, 5) is 46.0. The van der Waals surface area contributed by atoms with E-state index in [4.69, 9.17) is 13.8 Å². The standard InChI is InChI=1S/C51H92NO10P/c1-3-5-7-9-11-13-15-17-19-20-21-22-23-24-25-26-27-29-31-33-35-37-39-41-43-50(55)60-44-47(53)45-61-63(58,59)62-46-48(51(56)57)52-49(54)42-40-38-36-34-32-30-28-18-16-14-12-10-8-6-4-2/h6,8,12,14,18,28,32,34,47-48,53H,3-5,7,9-11,13,15-17,19-27,29-31,33,35-46H2,1-2H3,(H,52,54)(H,56,57)(H,58,59)/b8-6-,14-12-,28-18-,34-32-. The second-order valence-corrected chi connectivity index (χ2v) is 18.4. The van der Waals surface area contributed by atoms with Gasteiger partial charge in [-0.25, -0.2) is 9.36 Å². The number of carbonyl (C=O) groups excluding carboxylic acids is 2. The van der Waals surface area contributed by atoms with Crippen molar-refractivity contribution in [1.82, 2.24) is 5.32 Å². The van der Waals surface area contributed by atoms with Crippen LogP contribution in [0.15, 0.2) is 48.6 Å². The lowest BCUT2D eigenvalue weighted by Gasteiger charge is -2.18. The Morgan fingerprint density at radius 1 is 0.524 bits per heavy atom. The van der Waals surface area contributed by atoms with Crippen LogP contribution in [0.3, 0.4) is 0 Å². The second-order valence-electron chi connectivity index (χ2n) is 17.0. The molecule has 0 heterocycles.